The van der Waals surface area contributed by atoms with Crippen molar-refractivity contribution < 1.29 is 8.42 Å². The maximum atomic E-state index is 12.7. The lowest BCUT2D eigenvalue weighted by Gasteiger charge is -2.27. The fourth-order valence-electron chi connectivity index (χ4n) is 2.28. The number of fused-ring (bicyclic) bond motifs is 1. The van der Waals surface area contributed by atoms with Gasteiger partial charge in [-0.2, -0.15) is 4.31 Å². The summed E-state index contributed by atoms with van der Waals surface area (Å²) in [7, 11) is -1.91. The molecule has 20 heavy (non-hydrogen) atoms. The molecule has 1 aliphatic heterocycles. The van der Waals surface area contributed by atoms with Crippen LogP contribution in [0.25, 0.3) is 0 Å². The molecule has 8 heteroatoms. The second-order valence-electron chi connectivity index (χ2n) is 4.48. The first-order valence-corrected chi connectivity index (χ1v) is 7.70. The van der Waals surface area contributed by atoms with Crippen LogP contribution in [0.4, 0.5) is 5.82 Å². The lowest BCUT2D eigenvalue weighted by molar-refractivity contribution is 0.335. The van der Waals surface area contributed by atoms with E-state index in [1.807, 2.05) is 10.8 Å². The molecule has 106 valence electrons. The van der Waals surface area contributed by atoms with Crippen LogP contribution in [0.1, 0.15) is 5.82 Å². The van der Waals surface area contributed by atoms with E-state index >= 15 is 0 Å². The number of aromatic nitrogens is 3. The van der Waals surface area contributed by atoms with Crippen molar-refractivity contribution in [1.82, 2.24) is 18.8 Å². The van der Waals surface area contributed by atoms with E-state index in [-0.39, 0.29) is 11.4 Å². The van der Waals surface area contributed by atoms with Crippen molar-refractivity contribution >= 4 is 15.8 Å². The second-order valence-corrected chi connectivity index (χ2v) is 6.38. The minimum Gasteiger partial charge on any atom is -0.372 e. The molecule has 0 atom stereocenters. The smallest absolute Gasteiger partial charge is 0.247 e. The molecular weight excluding hydrogens is 278 g/mol. The second kappa shape index (κ2) is 4.88. The standard InChI is InChI=1S/C12H15N5O2S/c1-13-12-10(3-2-4-15-12)20(18,19)17-8-7-16-6-5-14-11(16)9-17/h2-6H,7-9H2,1H3,(H,13,15). The molecule has 3 rings (SSSR count). The van der Waals surface area contributed by atoms with Gasteiger partial charge in [-0.05, 0) is 12.1 Å². The Hall–Kier alpha value is -1.93. The summed E-state index contributed by atoms with van der Waals surface area (Å²) in [6.45, 7) is 1.33. The number of rotatable bonds is 3. The molecule has 2 aromatic heterocycles. The summed E-state index contributed by atoms with van der Waals surface area (Å²) in [5.41, 5.74) is 0. The van der Waals surface area contributed by atoms with Crippen LogP contribution in [-0.4, -0.2) is 40.9 Å². The average molecular weight is 293 g/mol. The summed E-state index contributed by atoms with van der Waals surface area (Å²) in [6.07, 6.45) is 5.12. The van der Waals surface area contributed by atoms with E-state index in [1.54, 1.807) is 31.6 Å². The molecule has 0 saturated heterocycles. The zero-order valence-corrected chi connectivity index (χ0v) is 11.8. The van der Waals surface area contributed by atoms with Gasteiger partial charge in [-0.15, -0.1) is 0 Å². The summed E-state index contributed by atoms with van der Waals surface area (Å²) in [5, 5.41) is 2.82. The summed E-state index contributed by atoms with van der Waals surface area (Å²) < 4.78 is 28.8. The first kappa shape index (κ1) is 13.1. The number of nitrogens with zero attached hydrogens (tertiary/aromatic N) is 4. The van der Waals surface area contributed by atoms with E-state index in [4.69, 9.17) is 0 Å². The van der Waals surface area contributed by atoms with Gasteiger partial charge in [-0.1, -0.05) is 0 Å². The van der Waals surface area contributed by atoms with Crippen LogP contribution >= 0.6 is 0 Å². The van der Waals surface area contributed by atoms with Gasteiger partial charge < -0.3 is 9.88 Å². The molecule has 0 radical (unpaired) electrons. The zero-order valence-electron chi connectivity index (χ0n) is 11.0. The Bertz CT molecular complexity index is 725. The predicted molar refractivity (Wildman–Crippen MR) is 73.6 cm³/mol. The number of hydrogen-bond acceptors (Lipinski definition) is 5. The van der Waals surface area contributed by atoms with Crippen molar-refractivity contribution in [2.24, 2.45) is 0 Å². The molecule has 0 aromatic carbocycles. The number of imidazole rings is 1. The van der Waals surface area contributed by atoms with Crippen LogP contribution in [-0.2, 0) is 23.1 Å². The molecule has 0 saturated carbocycles. The van der Waals surface area contributed by atoms with Crippen LogP contribution in [0.5, 0.6) is 0 Å². The van der Waals surface area contributed by atoms with E-state index in [1.165, 1.54) is 4.31 Å². The molecule has 1 N–H and O–H groups in total. The van der Waals surface area contributed by atoms with Gasteiger partial charge in [0.1, 0.15) is 16.5 Å². The Kier molecular flexibility index (Phi) is 3.19. The van der Waals surface area contributed by atoms with Crippen molar-refractivity contribution in [3.8, 4) is 0 Å². The van der Waals surface area contributed by atoms with Gasteiger partial charge in [-0.3, -0.25) is 0 Å². The molecule has 7 nitrogen and oxygen atoms in total. The Morgan fingerprint density at radius 3 is 2.90 bits per heavy atom. The van der Waals surface area contributed by atoms with Gasteiger partial charge in [0, 0.05) is 38.7 Å². The van der Waals surface area contributed by atoms with Crippen LogP contribution in [0.15, 0.2) is 35.6 Å². The summed E-state index contributed by atoms with van der Waals surface area (Å²) >= 11 is 0. The highest BCUT2D eigenvalue weighted by atomic mass is 32.2. The molecule has 0 fully saturated rings. The normalized spacial score (nSPS) is 15.8. The molecule has 0 spiro atoms. The molecule has 0 aliphatic carbocycles. The monoisotopic (exact) mass is 293 g/mol. The SMILES string of the molecule is CNc1ncccc1S(=O)(=O)N1CCn2ccnc2C1. The Morgan fingerprint density at radius 2 is 2.10 bits per heavy atom. The maximum absolute atomic E-state index is 12.7. The van der Waals surface area contributed by atoms with Crippen LogP contribution in [0.2, 0.25) is 0 Å². The van der Waals surface area contributed by atoms with E-state index in [0.717, 1.165) is 5.82 Å². The van der Waals surface area contributed by atoms with Crippen molar-refractivity contribution in [1.29, 1.82) is 0 Å². The van der Waals surface area contributed by atoms with Gasteiger partial charge in [0.05, 0.1) is 6.54 Å². The third kappa shape index (κ3) is 2.06. The van der Waals surface area contributed by atoms with Gasteiger partial charge >= 0.3 is 0 Å². The van der Waals surface area contributed by atoms with Gasteiger partial charge in [-0.25, -0.2) is 18.4 Å². The Morgan fingerprint density at radius 1 is 1.25 bits per heavy atom. The average Bonchev–Trinajstić information content (AvgIpc) is 2.94. The number of anilines is 1. The van der Waals surface area contributed by atoms with Crippen molar-refractivity contribution in [2.45, 2.75) is 18.0 Å². The van der Waals surface area contributed by atoms with E-state index in [9.17, 15) is 8.42 Å². The lowest BCUT2D eigenvalue weighted by atomic mass is 10.4. The Labute approximate surface area is 117 Å². The molecular formula is C12H15N5O2S. The highest BCUT2D eigenvalue weighted by Crippen LogP contribution is 2.25. The van der Waals surface area contributed by atoms with Gasteiger partial charge in [0.25, 0.3) is 0 Å². The quantitative estimate of drug-likeness (QED) is 0.892. The molecule has 0 bridgehead atoms. The van der Waals surface area contributed by atoms with Crippen molar-refractivity contribution in [2.75, 3.05) is 18.9 Å². The molecule has 0 unspecified atom stereocenters. The number of pyridine rings is 1. The van der Waals surface area contributed by atoms with Gasteiger partial charge in [0.2, 0.25) is 10.0 Å². The highest BCUT2D eigenvalue weighted by Gasteiger charge is 2.30. The van der Waals surface area contributed by atoms with E-state index in [2.05, 4.69) is 15.3 Å². The lowest BCUT2D eigenvalue weighted by Crippen LogP contribution is -2.38. The van der Waals surface area contributed by atoms with E-state index < -0.39 is 10.0 Å². The van der Waals surface area contributed by atoms with Crippen LogP contribution in [0.3, 0.4) is 0 Å². The summed E-state index contributed by atoms with van der Waals surface area (Å²) in [6, 6.07) is 3.19. The zero-order chi connectivity index (χ0) is 14.2. The first-order valence-electron chi connectivity index (χ1n) is 6.26. The molecule has 0 amide bonds. The first-order chi connectivity index (χ1) is 9.63. The fourth-order valence-corrected chi connectivity index (χ4v) is 3.82. The molecule has 2 aromatic rings. The van der Waals surface area contributed by atoms with E-state index in [0.29, 0.717) is 18.9 Å². The Balaban J connectivity index is 1.97. The number of hydrogen-bond donors (Lipinski definition) is 1. The summed E-state index contributed by atoms with van der Waals surface area (Å²) in [4.78, 5) is 8.43. The third-order valence-corrected chi connectivity index (χ3v) is 5.21. The number of nitrogens with one attached hydrogen (secondary N) is 1. The van der Waals surface area contributed by atoms with Crippen molar-refractivity contribution in [3.63, 3.8) is 0 Å². The minimum absolute atomic E-state index is 0.197. The molecule has 1 aliphatic rings. The van der Waals surface area contributed by atoms with Crippen molar-refractivity contribution in [3.05, 3.63) is 36.5 Å². The minimum atomic E-state index is -3.57. The molecule has 3 heterocycles. The third-order valence-electron chi connectivity index (χ3n) is 3.34. The predicted octanol–water partition coefficient (Wildman–Crippen LogP) is 0.524. The van der Waals surface area contributed by atoms with Gasteiger partial charge in [0.15, 0.2) is 0 Å². The topological polar surface area (TPSA) is 80.1 Å². The largest absolute Gasteiger partial charge is 0.372 e. The highest BCUT2D eigenvalue weighted by molar-refractivity contribution is 7.89. The maximum Gasteiger partial charge on any atom is 0.247 e. The number of sulfonamides is 1. The summed E-state index contributed by atoms with van der Waals surface area (Å²) in [5.74, 6) is 1.12. The van der Waals surface area contributed by atoms with Crippen LogP contribution < -0.4 is 5.32 Å². The fraction of sp³-hybridized carbons (Fsp3) is 0.333. The van der Waals surface area contributed by atoms with Crippen LogP contribution in [0, 0.1) is 0 Å².